The maximum absolute atomic E-state index is 12.5. The van der Waals surface area contributed by atoms with Crippen LogP contribution in [0.5, 0.6) is 0 Å². The standard InChI is InChI=1S/C19H21ClN6O2S2/c1-3-26(4-2)30(27,28)15-10-11-17(21-12-15)25-22-13-16-18(20)24-19(29-16)23-14-8-6-5-7-9-14/h5-13H,3-4H2,1-2H3,(H,21,25)(H,23,24). The third-order valence-corrected chi connectivity index (χ3v) is 7.41. The number of aromatic nitrogens is 2. The Kier molecular flexibility index (Phi) is 7.38. The van der Waals surface area contributed by atoms with E-state index in [0.717, 1.165) is 5.69 Å². The first-order valence-corrected chi connectivity index (χ1v) is 11.8. The predicted octanol–water partition coefficient (Wildman–Crippen LogP) is 4.41. The van der Waals surface area contributed by atoms with Crippen molar-refractivity contribution in [1.82, 2.24) is 14.3 Å². The fraction of sp³-hybridized carbons (Fsp3) is 0.211. The van der Waals surface area contributed by atoms with Crippen LogP contribution in [0.2, 0.25) is 5.15 Å². The topological polar surface area (TPSA) is 99.6 Å². The molecule has 0 atom stereocenters. The molecule has 2 aromatic heterocycles. The van der Waals surface area contributed by atoms with E-state index in [-0.39, 0.29) is 4.90 Å². The molecule has 0 aliphatic rings. The van der Waals surface area contributed by atoms with E-state index in [9.17, 15) is 8.42 Å². The molecule has 30 heavy (non-hydrogen) atoms. The smallest absolute Gasteiger partial charge is 0.244 e. The number of nitrogens with zero attached hydrogens (tertiary/aromatic N) is 4. The van der Waals surface area contributed by atoms with E-state index < -0.39 is 10.0 Å². The molecule has 0 aliphatic carbocycles. The number of anilines is 3. The molecule has 0 amide bonds. The summed E-state index contributed by atoms with van der Waals surface area (Å²) in [6.07, 6.45) is 2.85. The summed E-state index contributed by atoms with van der Waals surface area (Å²) in [5.74, 6) is 0.410. The molecular formula is C19H21ClN6O2S2. The molecule has 0 saturated heterocycles. The van der Waals surface area contributed by atoms with E-state index in [1.807, 2.05) is 30.3 Å². The molecule has 1 aromatic carbocycles. The molecule has 2 N–H and O–H groups in total. The average Bonchev–Trinajstić information content (AvgIpc) is 3.09. The van der Waals surface area contributed by atoms with Crippen LogP contribution in [0.1, 0.15) is 18.7 Å². The van der Waals surface area contributed by atoms with Gasteiger partial charge in [-0.15, -0.1) is 0 Å². The monoisotopic (exact) mass is 464 g/mol. The second-order valence-corrected chi connectivity index (χ2v) is 9.33. The maximum Gasteiger partial charge on any atom is 0.244 e. The number of pyridine rings is 1. The normalized spacial score (nSPS) is 11.9. The van der Waals surface area contributed by atoms with Crippen molar-refractivity contribution in [2.75, 3.05) is 23.8 Å². The van der Waals surface area contributed by atoms with Crippen molar-refractivity contribution in [3.63, 3.8) is 0 Å². The van der Waals surface area contributed by atoms with Gasteiger partial charge in [0.05, 0.1) is 11.1 Å². The Labute approximate surface area is 184 Å². The Morgan fingerprint density at radius 3 is 2.53 bits per heavy atom. The van der Waals surface area contributed by atoms with Crippen LogP contribution in [0.15, 0.2) is 58.7 Å². The van der Waals surface area contributed by atoms with Gasteiger partial charge in [0.25, 0.3) is 0 Å². The molecular weight excluding hydrogens is 444 g/mol. The largest absolute Gasteiger partial charge is 0.331 e. The van der Waals surface area contributed by atoms with E-state index >= 15 is 0 Å². The molecule has 0 unspecified atom stereocenters. The third kappa shape index (κ3) is 5.33. The number of rotatable bonds is 9. The second-order valence-electron chi connectivity index (χ2n) is 6.00. The first kappa shape index (κ1) is 22.2. The van der Waals surface area contributed by atoms with Crippen molar-refractivity contribution in [2.24, 2.45) is 5.10 Å². The van der Waals surface area contributed by atoms with E-state index in [4.69, 9.17) is 11.6 Å². The summed E-state index contributed by atoms with van der Waals surface area (Å²) in [6.45, 7) is 4.40. The molecule has 8 nitrogen and oxygen atoms in total. The van der Waals surface area contributed by atoms with Crippen LogP contribution in [-0.4, -0.2) is 42.0 Å². The molecule has 0 fully saturated rings. The summed E-state index contributed by atoms with van der Waals surface area (Å²) in [7, 11) is -3.54. The van der Waals surface area contributed by atoms with E-state index in [0.29, 0.717) is 34.1 Å². The zero-order valence-corrected chi connectivity index (χ0v) is 18.8. The fourth-order valence-corrected chi connectivity index (χ4v) is 5.01. The summed E-state index contributed by atoms with van der Waals surface area (Å²) >= 11 is 7.53. The van der Waals surface area contributed by atoms with Gasteiger partial charge in [-0.05, 0) is 24.3 Å². The highest BCUT2D eigenvalue weighted by molar-refractivity contribution is 7.89. The SMILES string of the molecule is CCN(CC)S(=O)(=O)c1ccc(NN=Cc2sc(Nc3ccccc3)nc2Cl)nc1. The quantitative estimate of drug-likeness (QED) is 0.359. The molecule has 0 aliphatic heterocycles. The Balaban J connectivity index is 1.64. The lowest BCUT2D eigenvalue weighted by molar-refractivity contribution is 0.445. The van der Waals surface area contributed by atoms with Gasteiger partial charge in [-0.2, -0.15) is 9.41 Å². The van der Waals surface area contributed by atoms with Gasteiger partial charge < -0.3 is 5.32 Å². The lowest BCUT2D eigenvalue weighted by atomic mass is 10.3. The van der Waals surface area contributed by atoms with Crippen LogP contribution in [0.4, 0.5) is 16.6 Å². The van der Waals surface area contributed by atoms with Gasteiger partial charge in [-0.3, -0.25) is 5.43 Å². The van der Waals surface area contributed by atoms with Gasteiger partial charge in [0.2, 0.25) is 10.0 Å². The Bertz CT molecular complexity index is 1100. The van der Waals surface area contributed by atoms with Crippen molar-refractivity contribution in [1.29, 1.82) is 0 Å². The zero-order valence-electron chi connectivity index (χ0n) is 16.4. The Hall–Kier alpha value is -2.53. The van der Waals surface area contributed by atoms with Crippen LogP contribution in [0.3, 0.4) is 0 Å². The van der Waals surface area contributed by atoms with Gasteiger partial charge in [0.1, 0.15) is 10.7 Å². The van der Waals surface area contributed by atoms with Crippen LogP contribution in [0, 0.1) is 0 Å². The average molecular weight is 465 g/mol. The lowest BCUT2D eigenvalue weighted by Crippen LogP contribution is -2.30. The molecule has 11 heteroatoms. The number of sulfonamides is 1. The molecule has 3 rings (SSSR count). The minimum Gasteiger partial charge on any atom is -0.331 e. The van der Waals surface area contributed by atoms with Crippen molar-refractivity contribution in [2.45, 2.75) is 18.7 Å². The molecule has 2 heterocycles. The molecule has 158 valence electrons. The molecule has 0 bridgehead atoms. The fourth-order valence-electron chi connectivity index (χ4n) is 2.56. The van der Waals surface area contributed by atoms with Gasteiger partial charge in [0.15, 0.2) is 10.3 Å². The summed E-state index contributed by atoms with van der Waals surface area (Å²) in [4.78, 5) is 9.20. The number of para-hydroxylation sites is 1. The number of hydrazone groups is 1. The summed E-state index contributed by atoms with van der Waals surface area (Å²) in [5.41, 5.74) is 3.68. The van der Waals surface area contributed by atoms with Crippen molar-refractivity contribution < 1.29 is 8.42 Å². The van der Waals surface area contributed by atoms with E-state index in [1.165, 1.54) is 27.9 Å². The minimum absolute atomic E-state index is 0.142. The zero-order chi connectivity index (χ0) is 21.6. The number of nitrogens with one attached hydrogen (secondary N) is 2. The summed E-state index contributed by atoms with van der Waals surface area (Å²) < 4.78 is 26.3. The predicted molar refractivity (Wildman–Crippen MR) is 122 cm³/mol. The number of hydrogen-bond acceptors (Lipinski definition) is 8. The Morgan fingerprint density at radius 1 is 1.17 bits per heavy atom. The number of halogens is 1. The summed E-state index contributed by atoms with van der Waals surface area (Å²) in [6, 6.07) is 12.7. The number of thiazole rings is 1. The van der Waals surface area contributed by atoms with Crippen molar-refractivity contribution in [3.05, 3.63) is 58.7 Å². The third-order valence-electron chi connectivity index (χ3n) is 4.08. The molecule has 0 spiro atoms. The van der Waals surface area contributed by atoms with E-state index in [1.54, 1.807) is 26.1 Å². The van der Waals surface area contributed by atoms with Crippen molar-refractivity contribution >= 4 is 55.8 Å². The minimum atomic E-state index is -3.54. The number of benzene rings is 1. The van der Waals surface area contributed by atoms with E-state index in [2.05, 4.69) is 25.8 Å². The highest BCUT2D eigenvalue weighted by Crippen LogP contribution is 2.28. The molecule has 3 aromatic rings. The van der Waals surface area contributed by atoms with Gasteiger partial charge in [0, 0.05) is 25.0 Å². The van der Waals surface area contributed by atoms with Gasteiger partial charge in [-0.25, -0.2) is 18.4 Å². The van der Waals surface area contributed by atoms with Crippen LogP contribution < -0.4 is 10.7 Å². The number of hydrogen-bond donors (Lipinski definition) is 2. The van der Waals surface area contributed by atoms with Crippen LogP contribution >= 0.6 is 22.9 Å². The molecule has 0 radical (unpaired) electrons. The second kappa shape index (κ2) is 9.98. The highest BCUT2D eigenvalue weighted by atomic mass is 35.5. The molecule has 0 saturated carbocycles. The van der Waals surface area contributed by atoms with Crippen LogP contribution in [0.25, 0.3) is 0 Å². The maximum atomic E-state index is 12.5. The first-order valence-electron chi connectivity index (χ1n) is 9.17. The highest BCUT2D eigenvalue weighted by Gasteiger charge is 2.21. The van der Waals surface area contributed by atoms with Gasteiger partial charge in [-0.1, -0.05) is 55.0 Å². The first-order chi connectivity index (χ1) is 14.4. The lowest BCUT2D eigenvalue weighted by Gasteiger charge is -2.18. The Morgan fingerprint density at radius 2 is 1.90 bits per heavy atom. The van der Waals surface area contributed by atoms with Gasteiger partial charge >= 0.3 is 0 Å². The summed E-state index contributed by atoms with van der Waals surface area (Å²) in [5, 5.41) is 8.27. The van der Waals surface area contributed by atoms with Crippen molar-refractivity contribution in [3.8, 4) is 0 Å². The van der Waals surface area contributed by atoms with Crippen LogP contribution in [-0.2, 0) is 10.0 Å².